The number of carboxylic acids is 1. The molecule has 2 rings (SSSR count). The fraction of sp³-hybridized carbons (Fsp3) is 0.412. The van der Waals surface area contributed by atoms with Gasteiger partial charge in [0.1, 0.15) is 5.82 Å². The van der Waals surface area contributed by atoms with Gasteiger partial charge in [0.25, 0.3) is 0 Å². The summed E-state index contributed by atoms with van der Waals surface area (Å²) >= 11 is 0. The highest BCUT2D eigenvalue weighted by Crippen LogP contribution is 2.21. The van der Waals surface area contributed by atoms with Crippen LogP contribution in [0.4, 0.5) is 4.39 Å². The monoisotopic (exact) mass is 305 g/mol. The number of carbonyl (C=O) groups excluding carboxylic acids is 1. The molecule has 1 amide bonds. The van der Waals surface area contributed by atoms with E-state index in [1.54, 1.807) is 23.1 Å². The van der Waals surface area contributed by atoms with Crippen molar-refractivity contribution in [2.45, 2.75) is 25.7 Å². The number of carboxylic acid groups (broad SMARTS) is 1. The van der Waals surface area contributed by atoms with Gasteiger partial charge in [-0.2, -0.15) is 0 Å². The molecule has 0 radical (unpaired) electrons. The summed E-state index contributed by atoms with van der Waals surface area (Å²) in [4.78, 5) is 24.5. The largest absolute Gasteiger partial charge is 0.481 e. The van der Waals surface area contributed by atoms with E-state index < -0.39 is 5.97 Å². The third-order valence-electron chi connectivity index (χ3n) is 3.86. The number of amides is 1. The van der Waals surface area contributed by atoms with Crippen molar-refractivity contribution in [1.29, 1.82) is 0 Å². The van der Waals surface area contributed by atoms with E-state index in [1.807, 2.05) is 0 Å². The van der Waals surface area contributed by atoms with Gasteiger partial charge >= 0.3 is 5.97 Å². The molecular weight excluding hydrogens is 285 g/mol. The number of benzene rings is 1. The van der Waals surface area contributed by atoms with Crippen LogP contribution >= 0.6 is 0 Å². The minimum absolute atomic E-state index is 0.107. The fourth-order valence-electron chi connectivity index (χ4n) is 2.71. The molecule has 0 bridgehead atoms. The Morgan fingerprint density at radius 1 is 1.41 bits per heavy atom. The van der Waals surface area contributed by atoms with E-state index in [9.17, 15) is 14.0 Å². The first-order valence-electron chi connectivity index (χ1n) is 7.49. The van der Waals surface area contributed by atoms with Gasteiger partial charge in [-0.1, -0.05) is 12.1 Å². The molecule has 1 N–H and O–H groups in total. The number of carbonyl (C=O) groups is 2. The Bertz CT molecular complexity index is 571. The Kier molecular flexibility index (Phi) is 5.69. The molecule has 1 saturated heterocycles. The number of likely N-dealkylation sites (tertiary alicyclic amines) is 1. The van der Waals surface area contributed by atoms with Gasteiger partial charge in [-0.25, -0.2) is 4.39 Å². The second-order valence-corrected chi connectivity index (χ2v) is 5.61. The summed E-state index contributed by atoms with van der Waals surface area (Å²) in [6, 6.07) is 6.06. The molecule has 1 unspecified atom stereocenters. The zero-order valence-corrected chi connectivity index (χ0v) is 12.4. The Balaban J connectivity index is 1.90. The number of piperidine rings is 1. The Hall–Kier alpha value is -2.17. The molecule has 1 aliphatic rings. The third-order valence-corrected chi connectivity index (χ3v) is 3.86. The zero-order valence-electron chi connectivity index (χ0n) is 12.4. The summed E-state index contributed by atoms with van der Waals surface area (Å²) in [5, 5.41) is 8.73. The number of nitrogens with zero attached hydrogens (tertiary/aromatic N) is 1. The molecule has 1 aromatic rings. The normalized spacial score (nSPS) is 18.6. The summed E-state index contributed by atoms with van der Waals surface area (Å²) < 4.78 is 13.1. The van der Waals surface area contributed by atoms with Crippen molar-refractivity contribution in [3.8, 4) is 0 Å². The lowest BCUT2D eigenvalue weighted by molar-refractivity contribution is -0.137. The average Bonchev–Trinajstić information content (AvgIpc) is 2.51. The Labute approximate surface area is 129 Å². The molecule has 1 fully saturated rings. The number of rotatable bonds is 5. The van der Waals surface area contributed by atoms with E-state index in [2.05, 4.69) is 0 Å². The highest BCUT2D eigenvalue weighted by atomic mass is 19.1. The van der Waals surface area contributed by atoms with E-state index in [-0.39, 0.29) is 24.1 Å². The van der Waals surface area contributed by atoms with Crippen molar-refractivity contribution < 1.29 is 19.1 Å². The first-order chi connectivity index (χ1) is 10.5. The quantitative estimate of drug-likeness (QED) is 0.851. The summed E-state index contributed by atoms with van der Waals surface area (Å²) in [5.74, 6) is -0.989. The van der Waals surface area contributed by atoms with Crippen molar-refractivity contribution >= 4 is 18.0 Å². The smallest absolute Gasteiger partial charge is 0.303 e. The summed E-state index contributed by atoms with van der Waals surface area (Å²) in [6.45, 7) is 1.29. The van der Waals surface area contributed by atoms with E-state index >= 15 is 0 Å². The van der Waals surface area contributed by atoms with Crippen LogP contribution in [0.1, 0.15) is 31.2 Å². The van der Waals surface area contributed by atoms with Gasteiger partial charge in [-0.05, 0) is 49.0 Å². The number of hydrogen-bond acceptors (Lipinski definition) is 2. The molecule has 1 aliphatic heterocycles. The molecule has 0 aromatic heterocycles. The highest BCUT2D eigenvalue weighted by molar-refractivity contribution is 5.91. The van der Waals surface area contributed by atoms with Gasteiger partial charge in [0, 0.05) is 25.6 Å². The first kappa shape index (κ1) is 16.2. The minimum atomic E-state index is -0.797. The van der Waals surface area contributed by atoms with Crippen molar-refractivity contribution in [1.82, 2.24) is 4.90 Å². The van der Waals surface area contributed by atoms with Crippen LogP contribution in [0.2, 0.25) is 0 Å². The van der Waals surface area contributed by atoms with E-state index in [1.165, 1.54) is 18.2 Å². The maximum absolute atomic E-state index is 13.1. The maximum atomic E-state index is 13.1. The fourth-order valence-corrected chi connectivity index (χ4v) is 2.71. The van der Waals surface area contributed by atoms with Crippen molar-refractivity contribution in [3.63, 3.8) is 0 Å². The van der Waals surface area contributed by atoms with Gasteiger partial charge in [0.15, 0.2) is 0 Å². The molecule has 22 heavy (non-hydrogen) atoms. The van der Waals surface area contributed by atoms with Crippen LogP contribution in [0.15, 0.2) is 30.3 Å². The van der Waals surface area contributed by atoms with Crippen molar-refractivity contribution in [3.05, 3.63) is 41.7 Å². The molecule has 118 valence electrons. The highest BCUT2D eigenvalue weighted by Gasteiger charge is 2.22. The average molecular weight is 305 g/mol. The first-order valence-corrected chi connectivity index (χ1v) is 7.49. The van der Waals surface area contributed by atoms with Crippen molar-refractivity contribution in [2.75, 3.05) is 13.1 Å². The SMILES string of the molecule is O=C(O)CCC1CCCN(C(=O)C=Cc2cccc(F)c2)C1. The van der Waals surface area contributed by atoms with Crippen LogP contribution in [0, 0.1) is 11.7 Å². The Morgan fingerprint density at radius 3 is 2.95 bits per heavy atom. The lowest BCUT2D eigenvalue weighted by atomic mass is 9.93. The van der Waals surface area contributed by atoms with Crippen molar-refractivity contribution in [2.24, 2.45) is 5.92 Å². The predicted molar refractivity (Wildman–Crippen MR) is 81.6 cm³/mol. The topological polar surface area (TPSA) is 57.6 Å². The van der Waals surface area contributed by atoms with Crippen LogP contribution in [0.25, 0.3) is 6.08 Å². The van der Waals surface area contributed by atoms with Gasteiger partial charge < -0.3 is 10.0 Å². The molecule has 1 aromatic carbocycles. The predicted octanol–water partition coefficient (Wildman–Crippen LogP) is 2.94. The molecule has 4 nitrogen and oxygen atoms in total. The van der Waals surface area contributed by atoms with Gasteiger partial charge in [0.05, 0.1) is 0 Å². The minimum Gasteiger partial charge on any atom is -0.481 e. The summed E-state index contributed by atoms with van der Waals surface area (Å²) in [5.41, 5.74) is 0.646. The van der Waals surface area contributed by atoms with Crippen LogP contribution in [-0.4, -0.2) is 35.0 Å². The maximum Gasteiger partial charge on any atom is 0.303 e. The summed E-state index contributed by atoms with van der Waals surface area (Å²) in [6.07, 6.45) is 5.66. The standard InChI is InChI=1S/C17H20FNO3/c18-15-5-1-3-13(11-15)6-8-16(20)19-10-2-4-14(12-19)7-9-17(21)22/h1,3,5-6,8,11,14H,2,4,7,9-10,12H2,(H,21,22). The number of hydrogen-bond donors (Lipinski definition) is 1. The van der Waals surface area contributed by atoms with Gasteiger partial charge in [0.2, 0.25) is 5.91 Å². The third kappa shape index (κ3) is 4.98. The lowest BCUT2D eigenvalue weighted by Gasteiger charge is -2.32. The lowest BCUT2D eigenvalue weighted by Crippen LogP contribution is -2.39. The van der Waals surface area contributed by atoms with E-state index in [0.717, 1.165) is 12.8 Å². The van der Waals surface area contributed by atoms with Gasteiger partial charge in [-0.15, -0.1) is 0 Å². The Morgan fingerprint density at radius 2 is 2.23 bits per heavy atom. The van der Waals surface area contributed by atoms with Crippen LogP contribution in [0.5, 0.6) is 0 Å². The van der Waals surface area contributed by atoms with E-state index in [4.69, 9.17) is 5.11 Å². The summed E-state index contributed by atoms with van der Waals surface area (Å²) in [7, 11) is 0. The zero-order chi connectivity index (χ0) is 15.9. The molecule has 1 atom stereocenters. The molecule has 0 saturated carbocycles. The van der Waals surface area contributed by atoms with Crippen LogP contribution < -0.4 is 0 Å². The molecule has 1 heterocycles. The molecular formula is C17H20FNO3. The molecule has 0 spiro atoms. The second-order valence-electron chi connectivity index (χ2n) is 5.61. The second kappa shape index (κ2) is 7.73. The molecule has 5 heteroatoms. The van der Waals surface area contributed by atoms with E-state index in [0.29, 0.717) is 25.1 Å². The molecule has 0 aliphatic carbocycles. The number of aliphatic carboxylic acids is 1. The van der Waals surface area contributed by atoms with Crippen LogP contribution in [-0.2, 0) is 9.59 Å². The number of halogens is 1. The van der Waals surface area contributed by atoms with Crippen LogP contribution in [0.3, 0.4) is 0 Å². The van der Waals surface area contributed by atoms with Gasteiger partial charge in [-0.3, -0.25) is 9.59 Å².